The van der Waals surface area contributed by atoms with Crippen LogP contribution in [-0.2, 0) is 11.2 Å². The third-order valence-corrected chi connectivity index (χ3v) is 6.22. The number of ether oxygens (including phenoxy) is 2. The number of amides is 1. The number of hydrogen-bond donors (Lipinski definition) is 1. The number of rotatable bonds is 7. The molecule has 2 saturated heterocycles. The molecule has 2 aromatic carbocycles. The van der Waals surface area contributed by atoms with E-state index < -0.39 is 5.82 Å². The molecule has 2 aromatic rings. The van der Waals surface area contributed by atoms with Gasteiger partial charge in [0.1, 0.15) is 17.3 Å². The highest BCUT2D eigenvalue weighted by Crippen LogP contribution is 2.27. The number of piperidine rings is 1. The number of benzene rings is 2. The van der Waals surface area contributed by atoms with Gasteiger partial charge in [0.15, 0.2) is 0 Å². The van der Waals surface area contributed by atoms with E-state index >= 15 is 0 Å². The average Bonchev–Trinajstić information content (AvgIpc) is 2.82. The van der Waals surface area contributed by atoms with E-state index in [-0.39, 0.29) is 17.5 Å². The molecular weight excluding hydrogens is 409 g/mol. The topological polar surface area (TPSA) is 68.0 Å². The van der Waals surface area contributed by atoms with E-state index in [1.807, 2.05) is 29.2 Å². The first kappa shape index (κ1) is 22.7. The van der Waals surface area contributed by atoms with Crippen molar-refractivity contribution in [1.82, 2.24) is 9.80 Å². The van der Waals surface area contributed by atoms with Crippen molar-refractivity contribution in [2.45, 2.75) is 31.7 Å². The van der Waals surface area contributed by atoms with Gasteiger partial charge in [-0.15, -0.1) is 0 Å². The molecule has 0 bridgehead atoms. The van der Waals surface area contributed by atoms with Gasteiger partial charge in [-0.05, 0) is 68.1 Å². The van der Waals surface area contributed by atoms with E-state index in [0.29, 0.717) is 24.6 Å². The van der Waals surface area contributed by atoms with Crippen LogP contribution in [0.4, 0.5) is 4.39 Å². The normalized spacial score (nSPS) is 19.7. The third-order valence-electron chi connectivity index (χ3n) is 6.22. The van der Waals surface area contributed by atoms with Crippen LogP contribution >= 0.6 is 0 Å². The Morgan fingerprint density at radius 3 is 2.56 bits per heavy atom. The predicted octanol–water partition coefficient (Wildman–Crippen LogP) is 3.45. The first-order valence-electron chi connectivity index (χ1n) is 11.5. The molecular formula is C25H32FN3O3. The van der Waals surface area contributed by atoms with E-state index in [1.54, 1.807) is 6.07 Å². The Morgan fingerprint density at radius 1 is 1.06 bits per heavy atom. The van der Waals surface area contributed by atoms with E-state index in [1.165, 1.54) is 12.1 Å². The fourth-order valence-corrected chi connectivity index (χ4v) is 4.45. The lowest BCUT2D eigenvalue weighted by molar-refractivity contribution is 0.0165. The number of hydrogen-bond acceptors (Lipinski definition) is 5. The van der Waals surface area contributed by atoms with Crippen molar-refractivity contribution >= 4 is 5.91 Å². The Bertz CT molecular complexity index is 900. The van der Waals surface area contributed by atoms with Gasteiger partial charge in [-0.2, -0.15) is 0 Å². The summed E-state index contributed by atoms with van der Waals surface area (Å²) in [4.78, 5) is 17.6. The second-order valence-corrected chi connectivity index (χ2v) is 8.49. The smallest absolute Gasteiger partial charge is 0.257 e. The van der Waals surface area contributed by atoms with Gasteiger partial charge < -0.3 is 20.1 Å². The number of halogens is 1. The minimum absolute atomic E-state index is 0.0659. The second kappa shape index (κ2) is 10.9. The first-order chi connectivity index (χ1) is 15.6. The Morgan fingerprint density at radius 2 is 1.81 bits per heavy atom. The zero-order valence-corrected chi connectivity index (χ0v) is 18.5. The number of nitrogens with two attached hydrogens (primary N) is 1. The molecule has 0 radical (unpaired) electrons. The monoisotopic (exact) mass is 441 g/mol. The van der Waals surface area contributed by atoms with Crippen LogP contribution in [0.1, 0.15) is 35.2 Å². The molecule has 0 spiro atoms. The average molecular weight is 442 g/mol. The van der Waals surface area contributed by atoms with Crippen molar-refractivity contribution in [3.05, 3.63) is 59.4 Å². The largest absolute Gasteiger partial charge is 0.457 e. The summed E-state index contributed by atoms with van der Waals surface area (Å²) in [5.74, 6) is 0.308. The van der Waals surface area contributed by atoms with Crippen LogP contribution < -0.4 is 10.5 Å². The van der Waals surface area contributed by atoms with Crippen LogP contribution in [0.5, 0.6) is 11.5 Å². The van der Waals surface area contributed by atoms with Crippen molar-refractivity contribution in [1.29, 1.82) is 0 Å². The van der Waals surface area contributed by atoms with Gasteiger partial charge in [-0.25, -0.2) is 4.39 Å². The molecule has 7 heteroatoms. The van der Waals surface area contributed by atoms with E-state index in [0.717, 1.165) is 64.1 Å². The minimum atomic E-state index is -0.517. The van der Waals surface area contributed by atoms with Gasteiger partial charge in [-0.3, -0.25) is 9.69 Å². The summed E-state index contributed by atoms with van der Waals surface area (Å²) in [5.41, 5.74) is 6.79. The van der Waals surface area contributed by atoms with E-state index in [2.05, 4.69) is 4.90 Å². The molecule has 32 heavy (non-hydrogen) atoms. The van der Waals surface area contributed by atoms with Crippen LogP contribution in [0.2, 0.25) is 0 Å². The summed E-state index contributed by atoms with van der Waals surface area (Å²) >= 11 is 0. The van der Waals surface area contributed by atoms with Gasteiger partial charge in [0.2, 0.25) is 0 Å². The summed E-state index contributed by atoms with van der Waals surface area (Å²) in [6.45, 7) is 5.25. The molecule has 2 aliphatic heterocycles. The maximum absolute atomic E-state index is 14.7. The Labute approximate surface area is 189 Å². The van der Waals surface area contributed by atoms with E-state index in [4.69, 9.17) is 15.2 Å². The van der Waals surface area contributed by atoms with Gasteiger partial charge in [0.25, 0.3) is 5.91 Å². The van der Waals surface area contributed by atoms with Gasteiger partial charge in [-0.1, -0.05) is 12.1 Å². The summed E-state index contributed by atoms with van der Waals surface area (Å²) < 4.78 is 26.0. The lowest BCUT2D eigenvalue weighted by atomic mass is 9.99. The van der Waals surface area contributed by atoms with Crippen molar-refractivity contribution in [3.63, 3.8) is 0 Å². The minimum Gasteiger partial charge on any atom is -0.457 e. The maximum atomic E-state index is 14.7. The first-order valence-corrected chi connectivity index (χ1v) is 11.5. The number of likely N-dealkylation sites (tertiary alicyclic amines) is 1. The number of morpholine rings is 1. The Balaban J connectivity index is 1.48. The summed E-state index contributed by atoms with van der Waals surface area (Å²) in [7, 11) is 0. The Kier molecular flexibility index (Phi) is 7.73. The molecule has 0 saturated carbocycles. The number of carbonyl (C=O) groups excluding carboxylic acids is 1. The zero-order chi connectivity index (χ0) is 22.3. The van der Waals surface area contributed by atoms with Crippen LogP contribution in [0.3, 0.4) is 0 Å². The highest BCUT2D eigenvalue weighted by atomic mass is 19.1. The van der Waals surface area contributed by atoms with Crippen molar-refractivity contribution < 1.29 is 18.7 Å². The highest BCUT2D eigenvalue weighted by molar-refractivity contribution is 5.95. The summed E-state index contributed by atoms with van der Waals surface area (Å²) in [5, 5.41) is 0. The molecule has 172 valence electrons. The zero-order valence-electron chi connectivity index (χ0n) is 18.5. The van der Waals surface area contributed by atoms with Gasteiger partial charge >= 0.3 is 0 Å². The quantitative estimate of drug-likeness (QED) is 0.713. The molecule has 1 unspecified atom stereocenters. The summed E-state index contributed by atoms with van der Waals surface area (Å²) in [6.07, 6.45) is 3.77. The molecule has 2 N–H and O–H groups in total. The van der Waals surface area contributed by atoms with Crippen LogP contribution in [0.25, 0.3) is 0 Å². The van der Waals surface area contributed by atoms with Crippen molar-refractivity contribution in [2.24, 2.45) is 5.73 Å². The lowest BCUT2D eigenvalue weighted by Crippen LogP contribution is -2.51. The van der Waals surface area contributed by atoms with Crippen LogP contribution in [-0.4, -0.2) is 67.7 Å². The van der Waals surface area contributed by atoms with Crippen molar-refractivity contribution in [2.75, 3.05) is 45.9 Å². The van der Waals surface area contributed by atoms with Gasteiger partial charge in [0.05, 0.1) is 18.8 Å². The molecule has 2 aliphatic rings. The second-order valence-electron chi connectivity index (χ2n) is 8.49. The standard InChI is InChI=1S/C25H32FN3O3/c26-24-9-8-22(32-21-6-4-19(5-7-21)10-11-27)17-23(24)25(30)29-12-2-1-3-20(29)18-28-13-15-31-16-14-28/h4-9,17,20H,1-3,10-16,18,27H2. The van der Waals surface area contributed by atoms with Crippen LogP contribution in [0.15, 0.2) is 42.5 Å². The molecule has 4 rings (SSSR count). The molecule has 2 heterocycles. The highest BCUT2D eigenvalue weighted by Gasteiger charge is 2.31. The van der Waals surface area contributed by atoms with Crippen molar-refractivity contribution in [3.8, 4) is 11.5 Å². The fraction of sp³-hybridized carbons (Fsp3) is 0.480. The SMILES string of the molecule is NCCc1ccc(Oc2ccc(F)c(C(=O)N3CCCCC3CN3CCOCC3)c2)cc1. The molecule has 2 fully saturated rings. The third kappa shape index (κ3) is 5.65. The lowest BCUT2D eigenvalue weighted by Gasteiger charge is -2.39. The molecule has 0 aromatic heterocycles. The maximum Gasteiger partial charge on any atom is 0.257 e. The van der Waals surface area contributed by atoms with E-state index in [9.17, 15) is 9.18 Å². The van der Waals surface area contributed by atoms with Crippen LogP contribution in [0, 0.1) is 5.82 Å². The molecule has 6 nitrogen and oxygen atoms in total. The fourth-order valence-electron chi connectivity index (χ4n) is 4.45. The number of carbonyl (C=O) groups is 1. The number of nitrogens with zero attached hydrogens (tertiary/aromatic N) is 2. The summed E-state index contributed by atoms with van der Waals surface area (Å²) in [6, 6.07) is 12.1. The Hall–Kier alpha value is -2.48. The molecule has 1 atom stereocenters. The van der Waals surface area contributed by atoms with Gasteiger partial charge in [0, 0.05) is 32.2 Å². The molecule has 0 aliphatic carbocycles. The molecule has 1 amide bonds. The predicted molar refractivity (Wildman–Crippen MR) is 122 cm³/mol.